The highest BCUT2D eigenvalue weighted by atomic mass is 16.5. The lowest BCUT2D eigenvalue weighted by Gasteiger charge is -2.22. The SMILES string of the molecule is CC1(C)C=CC(Oc2ccccn2)=CC1. The molecule has 0 bridgehead atoms. The van der Waals surface area contributed by atoms with Crippen molar-refractivity contribution in [1.82, 2.24) is 4.98 Å². The van der Waals surface area contributed by atoms with Crippen LogP contribution in [0.15, 0.2) is 48.4 Å². The minimum atomic E-state index is 0.247. The average molecular weight is 201 g/mol. The van der Waals surface area contributed by atoms with Crippen molar-refractivity contribution in [2.24, 2.45) is 5.41 Å². The number of allylic oxidation sites excluding steroid dienone is 3. The maximum Gasteiger partial charge on any atom is 0.219 e. The van der Waals surface area contributed by atoms with Crippen LogP contribution in [0.1, 0.15) is 20.3 Å². The molecule has 0 unspecified atom stereocenters. The summed E-state index contributed by atoms with van der Waals surface area (Å²) in [5, 5.41) is 0. The maximum absolute atomic E-state index is 5.61. The molecule has 0 fully saturated rings. The quantitative estimate of drug-likeness (QED) is 0.732. The molecule has 0 radical (unpaired) electrons. The first-order valence-corrected chi connectivity index (χ1v) is 5.14. The first-order chi connectivity index (χ1) is 7.16. The maximum atomic E-state index is 5.61. The lowest BCUT2D eigenvalue weighted by molar-refractivity contribution is 0.399. The zero-order valence-corrected chi connectivity index (χ0v) is 9.10. The van der Waals surface area contributed by atoms with Gasteiger partial charge in [-0.2, -0.15) is 0 Å². The Kier molecular flexibility index (Phi) is 2.58. The smallest absolute Gasteiger partial charge is 0.219 e. The molecular weight excluding hydrogens is 186 g/mol. The Hall–Kier alpha value is -1.57. The standard InChI is InChI=1S/C13H15NO/c1-13(2)8-6-11(7-9-13)15-12-5-3-4-10-14-12/h3-8,10H,9H2,1-2H3. The van der Waals surface area contributed by atoms with E-state index in [1.807, 2.05) is 24.3 Å². The van der Waals surface area contributed by atoms with Gasteiger partial charge in [-0.25, -0.2) is 4.98 Å². The molecule has 0 N–H and O–H groups in total. The monoisotopic (exact) mass is 201 g/mol. The van der Waals surface area contributed by atoms with Crippen molar-refractivity contribution in [3.05, 3.63) is 48.4 Å². The highest BCUT2D eigenvalue weighted by Gasteiger charge is 2.16. The van der Waals surface area contributed by atoms with E-state index in [0.29, 0.717) is 5.88 Å². The number of hydrogen-bond donors (Lipinski definition) is 0. The van der Waals surface area contributed by atoms with Crippen molar-refractivity contribution in [1.29, 1.82) is 0 Å². The summed E-state index contributed by atoms with van der Waals surface area (Å²) in [7, 11) is 0. The van der Waals surface area contributed by atoms with Crippen LogP contribution < -0.4 is 4.74 Å². The van der Waals surface area contributed by atoms with Crippen molar-refractivity contribution in [2.75, 3.05) is 0 Å². The van der Waals surface area contributed by atoms with Gasteiger partial charge in [0.05, 0.1) is 0 Å². The summed E-state index contributed by atoms with van der Waals surface area (Å²) >= 11 is 0. The Balaban J connectivity index is 2.04. The summed E-state index contributed by atoms with van der Waals surface area (Å²) in [4.78, 5) is 4.11. The number of ether oxygens (including phenoxy) is 1. The molecular formula is C13H15NO. The van der Waals surface area contributed by atoms with Crippen LogP contribution in [-0.2, 0) is 0 Å². The molecule has 1 aliphatic rings. The fourth-order valence-electron chi connectivity index (χ4n) is 1.41. The number of aromatic nitrogens is 1. The molecule has 78 valence electrons. The fourth-order valence-corrected chi connectivity index (χ4v) is 1.41. The lowest BCUT2D eigenvalue weighted by atomic mass is 9.86. The first kappa shape index (κ1) is 9.97. The molecule has 0 aliphatic heterocycles. The summed E-state index contributed by atoms with van der Waals surface area (Å²) in [6, 6.07) is 5.65. The largest absolute Gasteiger partial charge is 0.439 e. The predicted octanol–water partition coefficient (Wildman–Crippen LogP) is 3.33. The molecule has 1 aromatic rings. The van der Waals surface area contributed by atoms with E-state index in [-0.39, 0.29) is 5.41 Å². The van der Waals surface area contributed by atoms with Crippen LogP contribution in [0.25, 0.3) is 0 Å². The van der Waals surface area contributed by atoms with Gasteiger partial charge >= 0.3 is 0 Å². The Morgan fingerprint density at radius 3 is 2.80 bits per heavy atom. The number of pyridine rings is 1. The first-order valence-electron chi connectivity index (χ1n) is 5.14. The lowest BCUT2D eigenvalue weighted by Crippen LogP contribution is -2.10. The summed E-state index contributed by atoms with van der Waals surface area (Å²) in [5.74, 6) is 1.53. The normalized spacial score (nSPS) is 18.4. The van der Waals surface area contributed by atoms with Gasteiger partial charge in [-0.1, -0.05) is 26.0 Å². The van der Waals surface area contributed by atoms with Gasteiger partial charge in [0.25, 0.3) is 0 Å². The van der Waals surface area contributed by atoms with Gasteiger partial charge in [-0.05, 0) is 30.1 Å². The third-order valence-electron chi connectivity index (χ3n) is 2.39. The second-order valence-corrected chi connectivity index (χ2v) is 4.40. The summed E-state index contributed by atoms with van der Waals surface area (Å²) in [6.45, 7) is 4.41. The Bertz CT molecular complexity index is 390. The number of rotatable bonds is 2. The summed E-state index contributed by atoms with van der Waals surface area (Å²) < 4.78 is 5.61. The van der Waals surface area contributed by atoms with E-state index in [1.165, 1.54) is 0 Å². The van der Waals surface area contributed by atoms with Crippen molar-refractivity contribution >= 4 is 0 Å². The minimum Gasteiger partial charge on any atom is -0.439 e. The van der Waals surface area contributed by atoms with Crippen molar-refractivity contribution < 1.29 is 4.74 Å². The Labute approximate surface area is 90.3 Å². The van der Waals surface area contributed by atoms with Crippen LogP contribution in [0.3, 0.4) is 0 Å². The van der Waals surface area contributed by atoms with Gasteiger partial charge in [-0.3, -0.25) is 0 Å². The van der Waals surface area contributed by atoms with Crippen LogP contribution in [0.4, 0.5) is 0 Å². The third kappa shape index (κ3) is 2.69. The number of nitrogens with zero attached hydrogens (tertiary/aromatic N) is 1. The van der Waals surface area contributed by atoms with Crippen LogP contribution in [-0.4, -0.2) is 4.98 Å². The third-order valence-corrected chi connectivity index (χ3v) is 2.39. The van der Waals surface area contributed by atoms with Gasteiger partial charge in [-0.15, -0.1) is 0 Å². The Morgan fingerprint density at radius 2 is 2.20 bits per heavy atom. The van der Waals surface area contributed by atoms with Crippen molar-refractivity contribution in [2.45, 2.75) is 20.3 Å². The van der Waals surface area contributed by atoms with E-state index < -0.39 is 0 Å². The molecule has 2 rings (SSSR count). The molecule has 0 amide bonds. The van der Waals surface area contributed by atoms with Gasteiger partial charge < -0.3 is 4.74 Å². The summed E-state index contributed by atoms with van der Waals surface area (Å²) in [5.41, 5.74) is 0.247. The fraction of sp³-hybridized carbons (Fsp3) is 0.308. The highest BCUT2D eigenvalue weighted by Crippen LogP contribution is 2.28. The molecule has 15 heavy (non-hydrogen) atoms. The average Bonchev–Trinajstić information content (AvgIpc) is 2.23. The van der Waals surface area contributed by atoms with Crippen molar-refractivity contribution in [3.63, 3.8) is 0 Å². The molecule has 0 spiro atoms. The van der Waals surface area contributed by atoms with Gasteiger partial charge in [0.15, 0.2) is 0 Å². The van der Waals surface area contributed by atoms with E-state index in [1.54, 1.807) is 6.20 Å². The van der Waals surface area contributed by atoms with Crippen molar-refractivity contribution in [3.8, 4) is 5.88 Å². The highest BCUT2D eigenvalue weighted by molar-refractivity contribution is 5.25. The van der Waals surface area contributed by atoms with E-state index >= 15 is 0 Å². The van der Waals surface area contributed by atoms with Crippen LogP contribution in [0.2, 0.25) is 0 Å². The predicted molar refractivity (Wildman–Crippen MR) is 60.5 cm³/mol. The van der Waals surface area contributed by atoms with E-state index in [9.17, 15) is 0 Å². The molecule has 1 aliphatic carbocycles. The molecule has 0 saturated carbocycles. The molecule has 1 heterocycles. The molecule has 2 nitrogen and oxygen atoms in total. The second-order valence-electron chi connectivity index (χ2n) is 4.40. The van der Waals surface area contributed by atoms with Crippen LogP contribution in [0.5, 0.6) is 5.88 Å². The van der Waals surface area contributed by atoms with Gasteiger partial charge in [0.1, 0.15) is 5.76 Å². The minimum absolute atomic E-state index is 0.247. The summed E-state index contributed by atoms with van der Waals surface area (Å²) in [6.07, 6.45) is 9.02. The van der Waals surface area contributed by atoms with Gasteiger partial charge in [0.2, 0.25) is 5.88 Å². The van der Waals surface area contributed by atoms with E-state index in [2.05, 4.69) is 31.0 Å². The molecule has 0 aromatic carbocycles. The zero-order chi connectivity index (χ0) is 10.7. The topological polar surface area (TPSA) is 22.1 Å². The molecule has 0 saturated heterocycles. The number of hydrogen-bond acceptors (Lipinski definition) is 2. The molecule has 0 atom stereocenters. The van der Waals surface area contributed by atoms with Crippen LogP contribution in [0, 0.1) is 5.41 Å². The van der Waals surface area contributed by atoms with Gasteiger partial charge in [0, 0.05) is 12.3 Å². The zero-order valence-electron chi connectivity index (χ0n) is 9.10. The Morgan fingerprint density at radius 1 is 1.33 bits per heavy atom. The van der Waals surface area contributed by atoms with Crippen LogP contribution >= 0.6 is 0 Å². The van der Waals surface area contributed by atoms with E-state index in [4.69, 9.17) is 4.74 Å². The molecule has 2 heteroatoms. The molecule has 1 aromatic heterocycles. The second kappa shape index (κ2) is 3.89. The van der Waals surface area contributed by atoms with E-state index in [0.717, 1.165) is 12.2 Å².